The van der Waals surface area contributed by atoms with Crippen molar-refractivity contribution in [2.24, 2.45) is 0 Å². The molecule has 1 aromatic carbocycles. The van der Waals surface area contributed by atoms with Crippen LogP contribution in [-0.4, -0.2) is 31.0 Å². The number of ether oxygens (including phenoxy) is 1. The average molecular weight is 412 g/mol. The molecule has 2 rings (SSSR count). The summed E-state index contributed by atoms with van der Waals surface area (Å²) >= 11 is 0. The summed E-state index contributed by atoms with van der Waals surface area (Å²) in [6, 6.07) is 3.31. The first kappa shape index (κ1) is 22.2. The Balaban J connectivity index is 2.43. The van der Waals surface area contributed by atoms with E-state index in [1.165, 1.54) is 12.1 Å². The number of hydrogen-bond donors (Lipinski definition) is 0. The van der Waals surface area contributed by atoms with Crippen molar-refractivity contribution in [1.29, 1.82) is 0 Å². The molecule has 6 nitrogen and oxygen atoms in total. The van der Waals surface area contributed by atoms with Crippen LogP contribution in [0.25, 0.3) is 0 Å². The lowest BCUT2D eigenvalue weighted by Crippen LogP contribution is -2.44. The van der Waals surface area contributed by atoms with Crippen molar-refractivity contribution < 1.29 is 28.0 Å². The number of benzene rings is 1. The van der Waals surface area contributed by atoms with Crippen molar-refractivity contribution in [3.05, 3.63) is 29.6 Å². The van der Waals surface area contributed by atoms with E-state index in [4.69, 9.17) is 14.0 Å². The highest BCUT2D eigenvalue weighted by molar-refractivity contribution is 6.74. The van der Waals surface area contributed by atoms with E-state index in [1.807, 2.05) is 0 Å². The minimum absolute atomic E-state index is 0.0779. The molecule has 1 fully saturated rings. The fraction of sp³-hybridized carbons (Fsp3) is 0.600. The minimum atomic E-state index is -2.23. The molecule has 0 saturated carbocycles. The first-order chi connectivity index (χ1) is 12.6. The summed E-state index contributed by atoms with van der Waals surface area (Å²) in [6.45, 7) is 15.6. The summed E-state index contributed by atoms with van der Waals surface area (Å²) in [5.41, 5.74) is -0.375. The Kier molecular flexibility index (Phi) is 5.85. The van der Waals surface area contributed by atoms with Crippen LogP contribution in [-0.2, 0) is 14.4 Å². The molecule has 0 aromatic heterocycles. The third kappa shape index (κ3) is 5.04. The molecule has 1 heterocycles. The first-order valence-electron chi connectivity index (χ1n) is 9.32. The van der Waals surface area contributed by atoms with Crippen molar-refractivity contribution in [3.63, 3.8) is 0 Å². The van der Waals surface area contributed by atoms with Gasteiger partial charge in [0.05, 0.1) is 6.42 Å². The van der Waals surface area contributed by atoms with Gasteiger partial charge in [0, 0.05) is 5.56 Å². The van der Waals surface area contributed by atoms with E-state index in [2.05, 4.69) is 33.9 Å². The highest BCUT2D eigenvalue weighted by Crippen LogP contribution is 2.42. The van der Waals surface area contributed by atoms with E-state index in [0.29, 0.717) is 11.3 Å². The van der Waals surface area contributed by atoms with Crippen LogP contribution in [0.2, 0.25) is 18.1 Å². The van der Waals surface area contributed by atoms with Gasteiger partial charge in [-0.05, 0) is 57.1 Å². The molecule has 1 atom stereocenters. The van der Waals surface area contributed by atoms with Crippen LogP contribution in [0.5, 0.6) is 5.75 Å². The standard InChI is InChI=1S/C20H30FNO5Si/c1-19(2,3)25-18(24)22-15(12-17(23)26-22)14-11-13(21)9-10-16(14)27-28(7,8)20(4,5)6/h9-11,15H,12H2,1-8H3. The van der Waals surface area contributed by atoms with Crippen LogP contribution >= 0.6 is 0 Å². The van der Waals surface area contributed by atoms with Gasteiger partial charge in [-0.1, -0.05) is 20.8 Å². The minimum Gasteiger partial charge on any atom is -0.543 e. The molecule has 8 heteroatoms. The van der Waals surface area contributed by atoms with Crippen LogP contribution in [0.4, 0.5) is 9.18 Å². The van der Waals surface area contributed by atoms with Gasteiger partial charge in [-0.15, -0.1) is 5.06 Å². The molecule has 156 valence electrons. The van der Waals surface area contributed by atoms with Crippen molar-refractivity contribution in [1.82, 2.24) is 5.06 Å². The predicted octanol–water partition coefficient (Wildman–Crippen LogP) is 5.35. The monoisotopic (exact) mass is 411 g/mol. The molecule has 1 aliphatic rings. The molecule has 1 saturated heterocycles. The van der Waals surface area contributed by atoms with E-state index >= 15 is 0 Å². The second kappa shape index (κ2) is 7.38. The maximum atomic E-state index is 14.1. The molecule has 1 unspecified atom stereocenters. The lowest BCUT2D eigenvalue weighted by Gasteiger charge is -2.37. The molecule has 0 N–H and O–H groups in total. The largest absolute Gasteiger partial charge is 0.543 e. The second-order valence-corrected chi connectivity index (χ2v) is 14.3. The predicted molar refractivity (Wildman–Crippen MR) is 106 cm³/mol. The van der Waals surface area contributed by atoms with E-state index in [1.54, 1.807) is 26.8 Å². The second-order valence-electron chi connectivity index (χ2n) is 9.53. The van der Waals surface area contributed by atoms with Gasteiger partial charge in [-0.3, -0.25) is 0 Å². The topological polar surface area (TPSA) is 65.1 Å². The van der Waals surface area contributed by atoms with Crippen LogP contribution < -0.4 is 4.43 Å². The molecule has 1 aromatic rings. The maximum Gasteiger partial charge on any atom is 0.444 e. The summed E-state index contributed by atoms with van der Waals surface area (Å²) in [5, 5.41) is 0.798. The summed E-state index contributed by atoms with van der Waals surface area (Å²) in [5.74, 6) is -0.621. The van der Waals surface area contributed by atoms with Crippen molar-refractivity contribution in [2.75, 3.05) is 0 Å². The Morgan fingerprint density at radius 3 is 2.36 bits per heavy atom. The molecule has 0 bridgehead atoms. The SMILES string of the molecule is CC(C)(C)OC(=O)N1OC(=O)CC1c1cc(F)ccc1O[Si](C)(C)C(C)(C)C. The van der Waals surface area contributed by atoms with Crippen LogP contribution in [0.15, 0.2) is 18.2 Å². The van der Waals surface area contributed by atoms with E-state index in [9.17, 15) is 14.0 Å². The highest BCUT2D eigenvalue weighted by Gasteiger charge is 2.44. The normalized spacial score (nSPS) is 18.1. The van der Waals surface area contributed by atoms with E-state index in [-0.39, 0.29) is 11.5 Å². The summed E-state index contributed by atoms with van der Waals surface area (Å²) in [4.78, 5) is 29.6. The van der Waals surface area contributed by atoms with E-state index < -0.39 is 37.8 Å². The number of hydrogen-bond acceptors (Lipinski definition) is 5. The van der Waals surface area contributed by atoms with Gasteiger partial charge in [0.25, 0.3) is 0 Å². The molecule has 0 spiro atoms. The maximum absolute atomic E-state index is 14.1. The number of carbonyl (C=O) groups is 2. The Labute approximate surface area is 167 Å². The molecule has 1 amide bonds. The zero-order valence-corrected chi connectivity index (χ0v) is 18.9. The molecular weight excluding hydrogens is 381 g/mol. The van der Waals surface area contributed by atoms with Gasteiger partial charge in [0.2, 0.25) is 8.32 Å². The van der Waals surface area contributed by atoms with Crippen molar-refractivity contribution in [2.45, 2.75) is 77.7 Å². The van der Waals surface area contributed by atoms with Crippen LogP contribution in [0, 0.1) is 5.82 Å². The molecule has 1 aliphatic heterocycles. The number of rotatable bonds is 3. The number of hydroxylamine groups is 2. The van der Waals surface area contributed by atoms with Crippen molar-refractivity contribution in [3.8, 4) is 5.75 Å². The number of nitrogens with zero attached hydrogens (tertiary/aromatic N) is 1. The summed E-state index contributed by atoms with van der Waals surface area (Å²) < 4.78 is 25.7. The van der Waals surface area contributed by atoms with Gasteiger partial charge >= 0.3 is 12.1 Å². The van der Waals surface area contributed by atoms with Crippen LogP contribution in [0.3, 0.4) is 0 Å². The third-order valence-electron chi connectivity index (χ3n) is 4.92. The van der Waals surface area contributed by atoms with Gasteiger partial charge in [-0.25, -0.2) is 14.0 Å². The lowest BCUT2D eigenvalue weighted by atomic mass is 10.0. The lowest BCUT2D eigenvalue weighted by molar-refractivity contribution is -0.170. The first-order valence-corrected chi connectivity index (χ1v) is 12.2. The van der Waals surface area contributed by atoms with Crippen LogP contribution in [0.1, 0.15) is 59.6 Å². The average Bonchev–Trinajstić information content (AvgIpc) is 2.88. The quantitative estimate of drug-likeness (QED) is 0.627. The zero-order valence-electron chi connectivity index (χ0n) is 17.9. The Morgan fingerprint density at radius 2 is 1.82 bits per heavy atom. The molecular formula is C20H30FNO5Si. The molecule has 0 radical (unpaired) electrons. The third-order valence-corrected chi connectivity index (χ3v) is 9.26. The molecule has 0 aliphatic carbocycles. The molecule has 28 heavy (non-hydrogen) atoms. The summed E-state index contributed by atoms with van der Waals surface area (Å²) in [6.07, 6.45) is -0.901. The number of carbonyl (C=O) groups excluding carboxylic acids is 2. The fourth-order valence-corrected chi connectivity index (χ4v) is 3.50. The van der Waals surface area contributed by atoms with E-state index in [0.717, 1.165) is 5.06 Å². The Bertz CT molecular complexity index is 767. The highest BCUT2D eigenvalue weighted by atomic mass is 28.4. The smallest absolute Gasteiger partial charge is 0.444 e. The van der Waals surface area contributed by atoms with Gasteiger partial charge in [0.1, 0.15) is 23.2 Å². The van der Waals surface area contributed by atoms with Gasteiger partial charge < -0.3 is 14.0 Å². The number of halogens is 1. The Morgan fingerprint density at radius 1 is 1.21 bits per heavy atom. The fourth-order valence-electron chi connectivity index (χ4n) is 2.46. The number of amides is 1. The zero-order chi connectivity index (χ0) is 21.5. The van der Waals surface area contributed by atoms with Gasteiger partial charge in [-0.2, -0.15) is 0 Å². The van der Waals surface area contributed by atoms with Gasteiger partial charge in [0.15, 0.2) is 0 Å². The Hall–Kier alpha value is -2.09. The van der Waals surface area contributed by atoms with Crippen molar-refractivity contribution >= 4 is 20.4 Å². The summed E-state index contributed by atoms with van der Waals surface area (Å²) in [7, 11) is -2.23.